The number of carbonyl (C=O) groups is 2. The zero-order chi connectivity index (χ0) is 40.0. The fourth-order valence-electron chi connectivity index (χ4n) is 5.97. The van der Waals surface area contributed by atoms with Crippen LogP contribution >= 0.6 is 22.7 Å². The van der Waals surface area contributed by atoms with Crippen molar-refractivity contribution in [1.82, 2.24) is 4.90 Å². The number of amides is 1. The van der Waals surface area contributed by atoms with Crippen molar-refractivity contribution < 1.29 is 28.4 Å². The van der Waals surface area contributed by atoms with Gasteiger partial charge < -0.3 is 4.90 Å². The Balaban J connectivity index is 0.000000185. The first-order valence-corrected chi connectivity index (χ1v) is 20.1. The molecule has 280 valence electrons. The minimum Gasteiger partial charge on any atom is -0.344 e. The molecule has 0 aliphatic heterocycles. The van der Waals surface area contributed by atoms with E-state index in [2.05, 4.69) is 67.8 Å². The van der Waals surface area contributed by atoms with Crippen molar-refractivity contribution >= 4 is 39.9 Å². The van der Waals surface area contributed by atoms with Crippen molar-refractivity contribution in [3.8, 4) is 43.1 Å². The van der Waals surface area contributed by atoms with Crippen LogP contribution in [0.2, 0.25) is 0 Å². The van der Waals surface area contributed by atoms with Crippen LogP contribution < -0.4 is 18.9 Å². The Morgan fingerprint density at radius 1 is 0.500 bits per heavy atom. The first-order chi connectivity index (χ1) is 27.8. The van der Waals surface area contributed by atoms with Crippen LogP contribution in [0.4, 0.5) is 0 Å². The molecule has 0 bridgehead atoms. The summed E-state index contributed by atoms with van der Waals surface area (Å²) >= 11 is 3.08. The molecule has 2 aromatic heterocycles. The van der Waals surface area contributed by atoms with E-state index < -0.39 is 0 Å². The number of ketones is 1. The number of hydrogen-bond donors (Lipinski definition) is 0. The largest absolute Gasteiger partial charge is 1.00 e. The molecule has 6 aromatic carbocycles. The molecule has 0 radical (unpaired) electrons. The zero-order valence-corrected chi connectivity index (χ0v) is 34.6. The molecule has 8 aromatic rings. The monoisotopic (exact) mass is 783 g/mol. The van der Waals surface area contributed by atoms with Gasteiger partial charge in [-0.2, -0.15) is 30.4 Å². The van der Waals surface area contributed by atoms with Crippen molar-refractivity contribution in [3.63, 3.8) is 0 Å². The average molecular weight is 784 g/mol. The van der Waals surface area contributed by atoms with Gasteiger partial charge in [-0.3, -0.25) is 9.59 Å². The van der Waals surface area contributed by atoms with Gasteiger partial charge in [0.25, 0.3) is 5.91 Å². The van der Waals surface area contributed by atoms with Crippen LogP contribution in [0.25, 0.3) is 48.7 Å². The maximum absolute atomic E-state index is 13.1. The maximum Gasteiger partial charge on any atom is 1.00 e. The van der Waals surface area contributed by atoms with Crippen LogP contribution in [-0.4, -0.2) is 30.7 Å². The van der Waals surface area contributed by atoms with Gasteiger partial charge in [0.1, 0.15) is 0 Å². The molecule has 0 saturated carbocycles. The van der Waals surface area contributed by atoms with Gasteiger partial charge in [0.2, 0.25) is 5.78 Å². The SMILES string of the molecule is C=C(C(=O)c1cc(-c2ccccc2)c(-c2ccccc2)s1)c1ccccc1.C=[C-]c1ccccc1.CN(C)C(=O)c1cc(-c2ccccc2)c(-c2ccccc2)s1.[Li+]. The number of Topliss-reactive ketones (excluding diaryl/α,β-unsaturated/α-hetero) is 1. The molecule has 0 saturated heterocycles. The fourth-order valence-corrected chi connectivity index (χ4v) is 8.33. The number of nitrogens with zero attached hydrogens (tertiary/aromatic N) is 1. The van der Waals surface area contributed by atoms with Gasteiger partial charge >= 0.3 is 18.9 Å². The van der Waals surface area contributed by atoms with Crippen LogP contribution in [0.15, 0.2) is 207 Å². The Hall–Kier alpha value is -6.06. The molecule has 58 heavy (non-hydrogen) atoms. The summed E-state index contributed by atoms with van der Waals surface area (Å²) in [6.45, 7) is 7.55. The van der Waals surface area contributed by atoms with Gasteiger partial charge in [-0.25, -0.2) is 0 Å². The number of benzene rings is 6. The summed E-state index contributed by atoms with van der Waals surface area (Å²) in [7, 11) is 3.57. The Morgan fingerprint density at radius 3 is 1.22 bits per heavy atom. The second-order valence-electron chi connectivity index (χ2n) is 13.1. The molecular formula is C52H42LiNO2S2. The molecule has 3 nitrogen and oxygen atoms in total. The zero-order valence-electron chi connectivity index (χ0n) is 33.0. The van der Waals surface area contributed by atoms with Crippen LogP contribution in [0.5, 0.6) is 0 Å². The minimum absolute atomic E-state index is 0. The van der Waals surface area contributed by atoms with Crippen molar-refractivity contribution in [2.24, 2.45) is 0 Å². The van der Waals surface area contributed by atoms with Crippen molar-refractivity contribution in [2.45, 2.75) is 0 Å². The van der Waals surface area contributed by atoms with Crippen LogP contribution in [0.1, 0.15) is 30.5 Å². The summed E-state index contributed by atoms with van der Waals surface area (Å²) in [5.74, 6) is 0.0231. The molecule has 0 unspecified atom stereocenters. The first-order valence-electron chi connectivity index (χ1n) is 18.4. The van der Waals surface area contributed by atoms with E-state index in [0.717, 1.165) is 59.1 Å². The molecule has 0 atom stereocenters. The van der Waals surface area contributed by atoms with E-state index in [1.54, 1.807) is 30.3 Å². The molecule has 2 heterocycles. The number of allylic oxidation sites excluding steroid dienone is 1. The van der Waals surface area contributed by atoms with Crippen LogP contribution in [-0.2, 0) is 0 Å². The number of rotatable bonds is 9. The Labute approximate surface area is 362 Å². The third-order valence-electron chi connectivity index (χ3n) is 8.92. The summed E-state index contributed by atoms with van der Waals surface area (Å²) in [4.78, 5) is 30.7. The molecule has 6 heteroatoms. The molecule has 0 spiro atoms. The normalized spacial score (nSPS) is 10.0. The van der Waals surface area contributed by atoms with E-state index in [-0.39, 0.29) is 30.6 Å². The standard InChI is InChI=1S/C25H18OS.C19H17NOS.C8H7.Li/c1-18(19-11-5-2-6-12-19)24(26)23-17-22(20-13-7-3-8-14-20)25(27-23)21-15-9-4-10-16-21;1-20(2)19(21)17-13-16(14-9-5-3-6-10-14)18(22-17)15-11-7-4-8-12-15;1-2-8-6-4-3-5-7-8;/h2-17H,1H2;3-13H,1-2H3;3-7H,1H2;/q;;-1;+1. The minimum atomic E-state index is -0.0226. The van der Waals surface area contributed by atoms with E-state index in [9.17, 15) is 9.59 Å². The maximum atomic E-state index is 13.1. The quantitative estimate of drug-likeness (QED) is 0.0633. The van der Waals surface area contributed by atoms with Crippen molar-refractivity contribution in [3.05, 3.63) is 234 Å². The van der Waals surface area contributed by atoms with Gasteiger partial charge in [0.05, 0.1) is 9.75 Å². The molecule has 8 rings (SSSR count). The van der Waals surface area contributed by atoms with E-state index in [0.29, 0.717) is 10.5 Å². The van der Waals surface area contributed by atoms with Crippen LogP contribution in [0, 0.1) is 6.08 Å². The van der Waals surface area contributed by atoms with Gasteiger partial charge in [0, 0.05) is 40.5 Å². The second-order valence-corrected chi connectivity index (χ2v) is 15.2. The summed E-state index contributed by atoms with van der Waals surface area (Å²) in [6, 6.07) is 64.3. The second kappa shape index (κ2) is 21.5. The Morgan fingerprint density at radius 2 is 0.845 bits per heavy atom. The fraction of sp³-hybridized carbons (Fsp3) is 0.0385. The van der Waals surface area contributed by atoms with Crippen molar-refractivity contribution in [2.75, 3.05) is 14.1 Å². The molecular weight excluding hydrogens is 742 g/mol. The van der Waals surface area contributed by atoms with E-state index in [4.69, 9.17) is 0 Å². The van der Waals surface area contributed by atoms with Gasteiger partial charge in [-0.05, 0) is 39.9 Å². The molecule has 0 fully saturated rings. The predicted octanol–water partition coefficient (Wildman–Crippen LogP) is 10.8. The summed E-state index contributed by atoms with van der Waals surface area (Å²) in [6.07, 6.45) is 2.78. The third kappa shape index (κ3) is 11.1. The first kappa shape index (κ1) is 43.1. The Kier molecular flexibility index (Phi) is 15.9. The summed E-state index contributed by atoms with van der Waals surface area (Å²) in [5.41, 5.74) is 9.13. The number of hydrogen-bond acceptors (Lipinski definition) is 4. The molecule has 0 aliphatic carbocycles. The number of thiophene rings is 2. The van der Waals surface area contributed by atoms with E-state index in [1.807, 2.05) is 146 Å². The van der Waals surface area contributed by atoms with Gasteiger partial charge in [0.15, 0.2) is 0 Å². The molecule has 0 N–H and O–H groups in total. The third-order valence-corrected chi connectivity index (χ3v) is 11.3. The van der Waals surface area contributed by atoms with Crippen molar-refractivity contribution in [1.29, 1.82) is 0 Å². The van der Waals surface area contributed by atoms with Crippen LogP contribution in [0.3, 0.4) is 0 Å². The molecule has 0 aliphatic rings. The summed E-state index contributed by atoms with van der Waals surface area (Å²) < 4.78 is 0. The summed E-state index contributed by atoms with van der Waals surface area (Å²) in [5, 5.41) is 0. The topological polar surface area (TPSA) is 37.4 Å². The van der Waals surface area contributed by atoms with E-state index >= 15 is 0 Å². The molecule has 1 amide bonds. The predicted molar refractivity (Wildman–Crippen MR) is 243 cm³/mol. The smallest absolute Gasteiger partial charge is 0.344 e. The Bertz CT molecular complexity index is 2420. The van der Waals surface area contributed by atoms with E-state index in [1.165, 1.54) is 11.3 Å². The van der Waals surface area contributed by atoms with Gasteiger partial charge in [-0.1, -0.05) is 164 Å². The van der Waals surface area contributed by atoms with Gasteiger partial charge in [-0.15, -0.1) is 34.8 Å². The number of carbonyl (C=O) groups excluding carboxylic acids is 2. The average Bonchev–Trinajstić information content (AvgIpc) is 3.94.